The maximum atomic E-state index is 11.6. The Morgan fingerprint density at radius 3 is 2.29 bits per heavy atom. The molecule has 5 heteroatoms. The fourth-order valence-corrected chi connectivity index (χ4v) is 2.64. The highest BCUT2D eigenvalue weighted by atomic mass is 16.4. The first-order valence-corrected chi connectivity index (χ1v) is 6.17. The van der Waals surface area contributed by atoms with Crippen LogP contribution in [-0.4, -0.2) is 35.2 Å². The number of carbonyl (C=O) groups excluding carboxylic acids is 1. The summed E-state index contributed by atoms with van der Waals surface area (Å²) in [6.45, 7) is 0.152. The van der Waals surface area contributed by atoms with Crippen molar-refractivity contribution < 1.29 is 19.8 Å². The van der Waals surface area contributed by atoms with Gasteiger partial charge in [0.05, 0.1) is 13.0 Å². The Labute approximate surface area is 101 Å². The highest BCUT2D eigenvalue weighted by molar-refractivity contribution is 5.78. The average Bonchev–Trinajstić information content (AvgIpc) is 2.26. The summed E-state index contributed by atoms with van der Waals surface area (Å²) < 4.78 is 0. The van der Waals surface area contributed by atoms with Crippen molar-refractivity contribution in [2.45, 2.75) is 44.9 Å². The lowest BCUT2D eigenvalue weighted by Crippen LogP contribution is -2.36. The van der Waals surface area contributed by atoms with Gasteiger partial charge < -0.3 is 15.5 Å². The number of carboxylic acids is 1. The molecule has 0 spiro atoms. The first-order valence-electron chi connectivity index (χ1n) is 6.17. The van der Waals surface area contributed by atoms with Crippen molar-refractivity contribution in [2.24, 2.45) is 5.41 Å². The molecule has 0 atom stereocenters. The maximum absolute atomic E-state index is 11.6. The van der Waals surface area contributed by atoms with Crippen LogP contribution >= 0.6 is 0 Å². The van der Waals surface area contributed by atoms with Crippen LogP contribution in [0.1, 0.15) is 44.9 Å². The van der Waals surface area contributed by atoms with E-state index in [2.05, 4.69) is 5.32 Å². The number of aliphatic carboxylic acids is 1. The number of rotatable bonds is 6. The summed E-state index contributed by atoms with van der Waals surface area (Å²) in [5, 5.41) is 20.2. The van der Waals surface area contributed by atoms with Gasteiger partial charge in [0.25, 0.3) is 0 Å². The van der Waals surface area contributed by atoms with Crippen molar-refractivity contribution in [3.05, 3.63) is 0 Å². The second-order valence-corrected chi connectivity index (χ2v) is 4.88. The summed E-state index contributed by atoms with van der Waals surface area (Å²) in [4.78, 5) is 22.5. The zero-order valence-corrected chi connectivity index (χ0v) is 10.1. The molecule has 0 unspecified atom stereocenters. The summed E-state index contributed by atoms with van der Waals surface area (Å²) in [6.07, 6.45) is 5.08. The van der Waals surface area contributed by atoms with Gasteiger partial charge in [0.15, 0.2) is 0 Å². The smallest absolute Gasteiger partial charge is 0.303 e. The number of amides is 1. The molecule has 0 aromatic carbocycles. The van der Waals surface area contributed by atoms with Gasteiger partial charge in [0.1, 0.15) is 0 Å². The molecule has 1 aliphatic carbocycles. The fraction of sp³-hybridized carbons (Fsp3) is 0.833. The van der Waals surface area contributed by atoms with Gasteiger partial charge in [-0.05, 0) is 18.3 Å². The van der Waals surface area contributed by atoms with Crippen LogP contribution in [-0.2, 0) is 9.59 Å². The molecule has 1 rings (SSSR count). The number of hydrogen-bond acceptors (Lipinski definition) is 3. The highest BCUT2D eigenvalue weighted by Crippen LogP contribution is 2.42. The van der Waals surface area contributed by atoms with E-state index in [4.69, 9.17) is 10.2 Å². The number of hydrogen-bond donors (Lipinski definition) is 3. The van der Waals surface area contributed by atoms with E-state index < -0.39 is 5.97 Å². The Hall–Kier alpha value is -1.10. The van der Waals surface area contributed by atoms with E-state index in [0.717, 1.165) is 32.1 Å². The first-order chi connectivity index (χ1) is 8.08. The molecular weight excluding hydrogens is 222 g/mol. The molecule has 0 heterocycles. The van der Waals surface area contributed by atoms with Crippen LogP contribution in [0.25, 0.3) is 0 Å². The number of carbonyl (C=O) groups is 2. The van der Waals surface area contributed by atoms with Gasteiger partial charge in [-0.15, -0.1) is 0 Å². The molecule has 0 saturated heterocycles. The molecule has 0 bridgehead atoms. The summed E-state index contributed by atoms with van der Waals surface area (Å²) in [5.41, 5.74) is -0.371. The van der Waals surface area contributed by atoms with E-state index in [-0.39, 0.29) is 37.3 Å². The van der Waals surface area contributed by atoms with Crippen molar-refractivity contribution in [3.63, 3.8) is 0 Å². The molecule has 0 aliphatic heterocycles. The number of aliphatic hydroxyl groups is 1. The third-order valence-corrected chi connectivity index (χ3v) is 3.41. The van der Waals surface area contributed by atoms with Crippen LogP contribution in [0.3, 0.4) is 0 Å². The number of carboxylic acid groups (broad SMARTS) is 1. The second kappa shape index (κ2) is 6.59. The van der Waals surface area contributed by atoms with E-state index in [0.29, 0.717) is 0 Å². The van der Waals surface area contributed by atoms with Gasteiger partial charge >= 0.3 is 5.97 Å². The third-order valence-electron chi connectivity index (χ3n) is 3.41. The zero-order valence-electron chi connectivity index (χ0n) is 10.1. The molecule has 0 aromatic rings. The Balaban J connectivity index is 2.56. The lowest BCUT2D eigenvalue weighted by molar-refractivity contribution is -0.141. The summed E-state index contributed by atoms with van der Waals surface area (Å²) in [7, 11) is 0. The van der Waals surface area contributed by atoms with Crippen LogP contribution in [0.5, 0.6) is 0 Å². The van der Waals surface area contributed by atoms with E-state index in [1.165, 1.54) is 0 Å². The van der Waals surface area contributed by atoms with Crippen LogP contribution in [0, 0.1) is 5.41 Å². The maximum Gasteiger partial charge on any atom is 0.303 e. The lowest BCUT2D eigenvalue weighted by atomic mass is 9.69. The molecule has 0 radical (unpaired) electrons. The minimum Gasteiger partial charge on any atom is -0.481 e. The van der Waals surface area contributed by atoms with E-state index >= 15 is 0 Å². The second-order valence-electron chi connectivity index (χ2n) is 4.88. The number of aliphatic hydroxyl groups excluding tert-OH is 1. The summed E-state index contributed by atoms with van der Waals surface area (Å²) >= 11 is 0. The minimum atomic E-state index is -0.832. The summed E-state index contributed by atoms with van der Waals surface area (Å²) in [6, 6.07) is 0. The average molecular weight is 243 g/mol. The van der Waals surface area contributed by atoms with Crippen molar-refractivity contribution in [1.29, 1.82) is 0 Å². The Morgan fingerprint density at radius 2 is 1.76 bits per heavy atom. The van der Waals surface area contributed by atoms with Crippen molar-refractivity contribution >= 4 is 11.9 Å². The van der Waals surface area contributed by atoms with Crippen LogP contribution < -0.4 is 5.32 Å². The molecule has 1 fully saturated rings. The van der Waals surface area contributed by atoms with Crippen molar-refractivity contribution in [1.82, 2.24) is 5.32 Å². The van der Waals surface area contributed by atoms with Gasteiger partial charge in [0, 0.05) is 13.0 Å². The van der Waals surface area contributed by atoms with Gasteiger partial charge in [-0.1, -0.05) is 19.3 Å². The standard InChI is InChI=1S/C12H21NO4/c14-7-6-13-10(15)8-12(9-11(16)17)4-2-1-3-5-12/h14H,1-9H2,(H,13,15)(H,16,17). The molecule has 98 valence electrons. The molecule has 0 aromatic heterocycles. The topological polar surface area (TPSA) is 86.6 Å². The SMILES string of the molecule is O=C(O)CC1(CC(=O)NCCO)CCCCC1. The molecular formula is C12H21NO4. The largest absolute Gasteiger partial charge is 0.481 e. The molecule has 3 N–H and O–H groups in total. The van der Waals surface area contributed by atoms with Crippen molar-refractivity contribution in [3.8, 4) is 0 Å². The van der Waals surface area contributed by atoms with Gasteiger partial charge in [-0.2, -0.15) is 0 Å². The van der Waals surface area contributed by atoms with Gasteiger partial charge in [-0.25, -0.2) is 0 Å². The molecule has 1 amide bonds. The Morgan fingerprint density at radius 1 is 1.12 bits per heavy atom. The number of nitrogens with one attached hydrogen (secondary N) is 1. The van der Waals surface area contributed by atoms with Gasteiger partial charge in [-0.3, -0.25) is 9.59 Å². The van der Waals surface area contributed by atoms with E-state index in [1.807, 2.05) is 0 Å². The zero-order chi connectivity index (χ0) is 12.7. The summed E-state index contributed by atoms with van der Waals surface area (Å²) in [5.74, 6) is -0.982. The van der Waals surface area contributed by atoms with E-state index in [9.17, 15) is 9.59 Å². The van der Waals surface area contributed by atoms with Crippen molar-refractivity contribution in [2.75, 3.05) is 13.2 Å². The monoisotopic (exact) mass is 243 g/mol. The third kappa shape index (κ3) is 4.73. The molecule has 1 saturated carbocycles. The van der Waals surface area contributed by atoms with Gasteiger partial charge in [0.2, 0.25) is 5.91 Å². The van der Waals surface area contributed by atoms with Crippen LogP contribution in [0.2, 0.25) is 0 Å². The van der Waals surface area contributed by atoms with E-state index in [1.54, 1.807) is 0 Å². The highest BCUT2D eigenvalue weighted by Gasteiger charge is 2.36. The molecule has 17 heavy (non-hydrogen) atoms. The Bertz CT molecular complexity index is 272. The van der Waals surface area contributed by atoms with Crippen LogP contribution in [0.15, 0.2) is 0 Å². The lowest BCUT2D eigenvalue weighted by Gasteiger charge is -2.35. The first kappa shape index (κ1) is 14.0. The normalized spacial score (nSPS) is 18.6. The Kier molecular flexibility index (Phi) is 5.41. The molecule has 5 nitrogen and oxygen atoms in total. The predicted molar refractivity (Wildman–Crippen MR) is 62.5 cm³/mol. The minimum absolute atomic E-state index is 0.0690. The fourth-order valence-electron chi connectivity index (χ4n) is 2.64. The van der Waals surface area contributed by atoms with Crippen LogP contribution in [0.4, 0.5) is 0 Å². The quantitative estimate of drug-likeness (QED) is 0.647. The molecule has 1 aliphatic rings. The predicted octanol–water partition coefficient (Wildman–Crippen LogP) is 0.910.